The van der Waals surface area contributed by atoms with Crippen LogP contribution in [0.4, 0.5) is 5.13 Å². The fraction of sp³-hybridized carbons (Fsp3) is 0.167. The lowest BCUT2D eigenvalue weighted by Gasteiger charge is -2.07. The van der Waals surface area contributed by atoms with Crippen molar-refractivity contribution in [3.63, 3.8) is 0 Å². The molecular formula is C18H16N4O3S2. The second kappa shape index (κ2) is 6.43. The molecule has 1 amide bonds. The molecule has 0 aliphatic carbocycles. The van der Waals surface area contributed by atoms with Gasteiger partial charge in [0.05, 0.1) is 15.1 Å². The van der Waals surface area contributed by atoms with Crippen LogP contribution in [0.3, 0.4) is 0 Å². The fourth-order valence-corrected chi connectivity index (χ4v) is 5.02. The third-order valence-corrected chi connectivity index (χ3v) is 6.55. The van der Waals surface area contributed by atoms with Gasteiger partial charge < -0.3 is 5.32 Å². The predicted octanol–water partition coefficient (Wildman–Crippen LogP) is 2.67. The summed E-state index contributed by atoms with van der Waals surface area (Å²) in [6.07, 6.45) is 0. The van der Waals surface area contributed by atoms with Gasteiger partial charge >= 0.3 is 0 Å². The van der Waals surface area contributed by atoms with Gasteiger partial charge in [0, 0.05) is 5.56 Å². The van der Waals surface area contributed by atoms with Crippen LogP contribution >= 0.6 is 11.3 Å². The largest absolute Gasteiger partial charge is 0.300 e. The first-order chi connectivity index (χ1) is 12.8. The minimum absolute atomic E-state index is 0.165. The number of hydrogen-bond acceptors (Lipinski definition) is 6. The SMILES string of the molecule is Cc1cccc2sc(NC(=O)[C@H](C)N=C3NS(=O)(=O)c4ccccc43)nc12. The van der Waals surface area contributed by atoms with Gasteiger partial charge in [-0.15, -0.1) is 0 Å². The molecule has 0 saturated heterocycles. The summed E-state index contributed by atoms with van der Waals surface area (Å²) < 4.78 is 27.7. The van der Waals surface area contributed by atoms with Crippen LogP contribution in [0.1, 0.15) is 18.1 Å². The van der Waals surface area contributed by atoms with Gasteiger partial charge in [-0.1, -0.05) is 35.6 Å². The maximum absolute atomic E-state index is 12.5. The average Bonchev–Trinajstić information content (AvgIpc) is 3.15. The zero-order chi connectivity index (χ0) is 19.2. The van der Waals surface area contributed by atoms with Crippen LogP contribution in [0, 0.1) is 6.92 Å². The lowest BCUT2D eigenvalue weighted by molar-refractivity contribution is -0.117. The standard InChI is InChI=1S/C18H16N4O3S2/c1-10-6-5-8-13-15(10)20-18(26-13)21-17(23)11(2)19-16-12-7-3-4-9-14(12)27(24,25)22-16/h3-9,11H,1-2H3,(H,19,22)(H,20,21,23)/t11-/m0/s1. The highest BCUT2D eigenvalue weighted by Crippen LogP contribution is 2.28. The van der Waals surface area contributed by atoms with Gasteiger partial charge in [0.15, 0.2) is 5.13 Å². The minimum Gasteiger partial charge on any atom is -0.300 e. The summed E-state index contributed by atoms with van der Waals surface area (Å²) in [6.45, 7) is 3.57. The second-order valence-corrected chi connectivity index (χ2v) is 8.87. The van der Waals surface area contributed by atoms with Crippen molar-refractivity contribution in [2.45, 2.75) is 24.8 Å². The normalized spacial score (nSPS) is 17.5. The third-order valence-electron chi connectivity index (χ3n) is 4.22. The van der Waals surface area contributed by atoms with Gasteiger partial charge in [-0.2, -0.15) is 0 Å². The Labute approximate surface area is 160 Å². The smallest absolute Gasteiger partial charge is 0.263 e. The van der Waals surface area contributed by atoms with E-state index in [-0.39, 0.29) is 16.6 Å². The topological polar surface area (TPSA) is 101 Å². The number of carbonyl (C=O) groups is 1. The summed E-state index contributed by atoms with van der Waals surface area (Å²) >= 11 is 1.39. The molecule has 138 valence electrons. The van der Waals surface area contributed by atoms with Crippen LogP contribution in [0.25, 0.3) is 10.2 Å². The first-order valence-corrected chi connectivity index (χ1v) is 10.5. The molecule has 1 atom stereocenters. The molecule has 0 bridgehead atoms. The molecule has 2 N–H and O–H groups in total. The monoisotopic (exact) mass is 400 g/mol. The third kappa shape index (κ3) is 3.19. The van der Waals surface area contributed by atoms with Crippen molar-refractivity contribution < 1.29 is 13.2 Å². The highest BCUT2D eigenvalue weighted by atomic mass is 32.2. The molecule has 1 aromatic heterocycles. The molecule has 0 fully saturated rings. The molecule has 1 aliphatic heterocycles. The zero-order valence-corrected chi connectivity index (χ0v) is 16.2. The number of sulfonamides is 1. The number of aromatic nitrogens is 1. The Hall–Kier alpha value is -2.78. The minimum atomic E-state index is -3.63. The summed E-state index contributed by atoms with van der Waals surface area (Å²) in [5.41, 5.74) is 2.36. The summed E-state index contributed by atoms with van der Waals surface area (Å²) in [5, 5.41) is 3.25. The number of aryl methyl sites for hydroxylation is 1. The number of thiazole rings is 1. The number of para-hydroxylation sites is 1. The molecule has 0 saturated carbocycles. The van der Waals surface area contributed by atoms with Crippen molar-refractivity contribution in [1.29, 1.82) is 0 Å². The van der Waals surface area contributed by atoms with E-state index in [1.165, 1.54) is 17.4 Å². The van der Waals surface area contributed by atoms with Gasteiger partial charge in [0.2, 0.25) is 0 Å². The van der Waals surface area contributed by atoms with E-state index >= 15 is 0 Å². The Morgan fingerprint density at radius 3 is 2.78 bits per heavy atom. The Morgan fingerprint density at radius 1 is 1.22 bits per heavy atom. The number of hydrogen-bond donors (Lipinski definition) is 2. The van der Waals surface area contributed by atoms with E-state index in [2.05, 4.69) is 20.0 Å². The highest BCUT2D eigenvalue weighted by molar-refractivity contribution is 7.90. The second-order valence-electron chi connectivity index (χ2n) is 6.19. The maximum atomic E-state index is 12.5. The van der Waals surface area contributed by atoms with Crippen molar-refractivity contribution >= 4 is 48.5 Å². The number of aliphatic imine (C=N–C) groups is 1. The van der Waals surface area contributed by atoms with Crippen LogP contribution in [-0.4, -0.2) is 31.2 Å². The Bertz CT molecular complexity index is 1200. The number of amidine groups is 1. The van der Waals surface area contributed by atoms with Crippen LogP contribution < -0.4 is 10.0 Å². The fourth-order valence-electron chi connectivity index (χ4n) is 2.83. The van der Waals surface area contributed by atoms with Crippen molar-refractivity contribution in [2.24, 2.45) is 4.99 Å². The van der Waals surface area contributed by atoms with E-state index in [1.807, 2.05) is 25.1 Å². The lowest BCUT2D eigenvalue weighted by atomic mass is 10.2. The number of anilines is 1. The first-order valence-electron chi connectivity index (χ1n) is 8.22. The lowest BCUT2D eigenvalue weighted by Crippen LogP contribution is -2.28. The molecule has 27 heavy (non-hydrogen) atoms. The van der Waals surface area contributed by atoms with E-state index in [0.29, 0.717) is 10.7 Å². The number of nitrogens with zero attached hydrogens (tertiary/aromatic N) is 2. The Morgan fingerprint density at radius 2 is 2.00 bits per heavy atom. The van der Waals surface area contributed by atoms with Gasteiger partial charge in [-0.05, 0) is 37.6 Å². The summed E-state index contributed by atoms with van der Waals surface area (Å²) in [5.74, 6) is -0.184. The number of fused-ring (bicyclic) bond motifs is 2. The molecule has 0 unspecified atom stereocenters. The van der Waals surface area contributed by atoms with Crippen LogP contribution in [0.5, 0.6) is 0 Å². The molecule has 7 nitrogen and oxygen atoms in total. The quantitative estimate of drug-likeness (QED) is 0.706. The van der Waals surface area contributed by atoms with Crippen molar-refractivity contribution in [2.75, 3.05) is 5.32 Å². The molecule has 0 spiro atoms. The van der Waals surface area contributed by atoms with Crippen molar-refractivity contribution in [3.05, 3.63) is 53.6 Å². The Balaban J connectivity index is 1.58. The van der Waals surface area contributed by atoms with Gasteiger partial charge in [0.25, 0.3) is 15.9 Å². The summed E-state index contributed by atoms with van der Waals surface area (Å²) in [4.78, 5) is 21.4. The molecule has 2 aromatic carbocycles. The van der Waals surface area contributed by atoms with Gasteiger partial charge in [-0.3, -0.25) is 14.5 Å². The number of benzene rings is 2. The van der Waals surface area contributed by atoms with Crippen molar-refractivity contribution in [1.82, 2.24) is 9.71 Å². The van der Waals surface area contributed by atoms with E-state index in [0.717, 1.165) is 15.8 Å². The Kier molecular flexibility index (Phi) is 4.20. The molecule has 9 heteroatoms. The van der Waals surface area contributed by atoms with Crippen molar-refractivity contribution in [3.8, 4) is 0 Å². The summed E-state index contributed by atoms with van der Waals surface area (Å²) in [7, 11) is -3.63. The molecule has 4 rings (SSSR count). The molecule has 2 heterocycles. The van der Waals surface area contributed by atoms with Gasteiger partial charge in [0.1, 0.15) is 11.9 Å². The number of rotatable bonds is 3. The van der Waals surface area contributed by atoms with Gasteiger partial charge in [-0.25, -0.2) is 13.4 Å². The molecular weight excluding hydrogens is 384 g/mol. The van der Waals surface area contributed by atoms with E-state index in [1.54, 1.807) is 25.1 Å². The number of amides is 1. The molecule has 0 radical (unpaired) electrons. The van der Waals surface area contributed by atoms with Crippen LogP contribution in [0.15, 0.2) is 52.4 Å². The van der Waals surface area contributed by atoms with Crippen LogP contribution in [0.2, 0.25) is 0 Å². The van der Waals surface area contributed by atoms with E-state index in [4.69, 9.17) is 0 Å². The molecule has 1 aliphatic rings. The number of nitrogens with one attached hydrogen (secondary N) is 2. The zero-order valence-electron chi connectivity index (χ0n) is 14.6. The molecule has 3 aromatic rings. The van der Waals surface area contributed by atoms with E-state index < -0.39 is 16.1 Å². The van der Waals surface area contributed by atoms with E-state index in [9.17, 15) is 13.2 Å². The average molecular weight is 400 g/mol. The first kappa shape index (κ1) is 17.6. The number of carbonyl (C=O) groups excluding carboxylic acids is 1. The predicted molar refractivity (Wildman–Crippen MR) is 106 cm³/mol. The van der Waals surface area contributed by atoms with Crippen LogP contribution in [-0.2, 0) is 14.8 Å². The highest BCUT2D eigenvalue weighted by Gasteiger charge is 2.31. The summed E-state index contributed by atoms with van der Waals surface area (Å²) in [6, 6.07) is 11.6. The maximum Gasteiger partial charge on any atom is 0.263 e.